The van der Waals surface area contributed by atoms with Crippen LogP contribution in [0.3, 0.4) is 0 Å². The maximum atomic E-state index is 15.5. The molecule has 0 saturated carbocycles. The highest BCUT2D eigenvalue weighted by Crippen LogP contribution is 2.37. The number of benzene rings is 2. The number of hydrogen-bond acceptors (Lipinski definition) is 8. The summed E-state index contributed by atoms with van der Waals surface area (Å²) in [6.07, 6.45) is 5.64. The second-order valence-electron chi connectivity index (χ2n) is 8.16. The van der Waals surface area contributed by atoms with Gasteiger partial charge in [-0.25, -0.2) is 9.37 Å². The molecule has 0 aliphatic carbocycles. The molecular weight excluding hydrogens is 473 g/mol. The van der Waals surface area contributed by atoms with Gasteiger partial charge in [0.1, 0.15) is 5.75 Å². The fraction of sp³-hybridized carbons (Fsp3) is 0.440. The molecule has 0 atom stereocenters. The molecule has 0 amide bonds. The Bertz CT molecular complexity index is 1220. The van der Waals surface area contributed by atoms with Gasteiger partial charge in [0, 0.05) is 49.9 Å². The number of ether oxygens (including phenoxy) is 3. The van der Waals surface area contributed by atoms with E-state index in [9.17, 15) is 4.79 Å². The largest absolute Gasteiger partial charge is 0.497 e. The van der Waals surface area contributed by atoms with Crippen molar-refractivity contribution in [2.24, 2.45) is 0 Å². The summed E-state index contributed by atoms with van der Waals surface area (Å²) in [5.74, 6) is 0.0342. The van der Waals surface area contributed by atoms with Gasteiger partial charge < -0.3 is 23.3 Å². The molecule has 8 nitrogen and oxygen atoms in total. The van der Waals surface area contributed by atoms with Gasteiger partial charge in [-0.15, -0.1) is 0 Å². The molecule has 188 valence electrons. The number of methoxy groups -OCH3 is 2. The molecule has 0 N–H and O–H groups in total. The van der Waals surface area contributed by atoms with Crippen molar-refractivity contribution >= 4 is 34.3 Å². The van der Waals surface area contributed by atoms with Crippen LogP contribution in [0.4, 0.5) is 15.8 Å². The number of hydrogen-bond donors (Lipinski definition) is 0. The van der Waals surface area contributed by atoms with Crippen LogP contribution < -0.4 is 19.9 Å². The highest BCUT2D eigenvalue weighted by atomic mass is 32.2. The first-order valence-corrected chi connectivity index (χ1v) is 12.7. The van der Waals surface area contributed by atoms with Gasteiger partial charge in [-0.05, 0) is 49.5 Å². The SMILES string of the molecule is COc1cc(OC)c(F)c(N(CCCOSC)c2ccc3ncn(C4CCOCC4)c(=O)c3c2)c1. The van der Waals surface area contributed by atoms with Gasteiger partial charge in [-0.1, -0.05) is 0 Å². The lowest BCUT2D eigenvalue weighted by Gasteiger charge is -2.27. The van der Waals surface area contributed by atoms with Crippen molar-refractivity contribution in [3.05, 3.63) is 52.8 Å². The second kappa shape index (κ2) is 11.7. The number of anilines is 2. The van der Waals surface area contributed by atoms with Crippen molar-refractivity contribution < 1.29 is 22.8 Å². The number of rotatable bonds is 10. The summed E-state index contributed by atoms with van der Waals surface area (Å²) in [7, 11) is 2.94. The van der Waals surface area contributed by atoms with E-state index in [1.165, 1.54) is 32.3 Å². The summed E-state index contributed by atoms with van der Waals surface area (Å²) in [6, 6.07) is 8.60. The monoisotopic (exact) mass is 503 g/mol. The van der Waals surface area contributed by atoms with Crippen molar-refractivity contribution in [2.75, 3.05) is 51.7 Å². The molecule has 0 spiro atoms. The fourth-order valence-electron chi connectivity index (χ4n) is 4.29. The van der Waals surface area contributed by atoms with Crippen LogP contribution in [-0.4, -0.2) is 56.4 Å². The van der Waals surface area contributed by atoms with Crippen molar-refractivity contribution in [1.82, 2.24) is 9.55 Å². The number of aromatic nitrogens is 2. The molecule has 10 heteroatoms. The summed E-state index contributed by atoms with van der Waals surface area (Å²) in [5, 5.41) is 0.483. The molecule has 1 saturated heterocycles. The molecule has 1 aliphatic rings. The quantitative estimate of drug-likeness (QED) is 0.291. The van der Waals surface area contributed by atoms with Crippen molar-refractivity contribution in [2.45, 2.75) is 25.3 Å². The van der Waals surface area contributed by atoms with E-state index in [0.717, 1.165) is 12.8 Å². The Morgan fingerprint density at radius 1 is 1.20 bits per heavy atom. The minimum absolute atomic E-state index is 0.0525. The van der Waals surface area contributed by atoms with Gasteiger partial charge in [0.25, 0.3) is 5.56 Å². The van der Waals surface area contributed by atoms with Gasteiger partial charge in [-0.2, -0.15) is 0 Å². The van der Waals surface area contributed by atoms with Crippen molar-refractivity contribution in [3.63, 3.8) is 0 Å². The van der Waals surface area contributed by atoms with Crippen LogP contribution in [-0.2, 0) is 8.92 Å². The molecule has 2 aromatic carbocycles. The summed E-state index contributed by atoms with van der Waals surface area (Å²) in [6.45, 7) is 2.19. The summed E-state index contributed by atoms with van der Waals surface area (Å²) in [5.41, 5.74) is 1.44. The van der Waals surface area contributed by atoms with E-state index in [1.807, 2.05) is 17.2 Å². The third-order valence-corrected chi connectivity index (χ3v) is 6.53. The molecule has 0 bridgehead atoms. The average Bonchev–Trinajstić information content (AvgIpc) is 2.90. The van der Waals surface area contributed by atoms with Crippen LogP contribution in [0.1, 0.15) is 25.3 Å². The van der Waals surface area contributed by atoms with E-state index in [-0.39, 0.29) is 17.4 Å². The summed E-state index contributed by atoms with van der Waals surface area (Å²) >= 11 is 1.29. The molecule has 35 heavy (non-hydrogen) atoms. The minimum atomic E-state index is -0.509. The lowest BCUT2D eigenvalue weighted by Crippen LogP contribution is -2.29. The van der Waals surface area contributed by atoms with E-state index >= 15 is 4.39 Å². The van der Waals surface area contributed by atoms with Crippen molar-refractivity contribution in [3.8, 4) is 11.5 Å². The molecule has 0 unspecified atom stereocenters. The molecule has 1 fully saturated rings. The molecule has 2 heterocycles. The van der Waals surface area contributed by atoms with Gasteiger partial charge in [0.2, 0.25) is 0 Å². The topological polar surface area (TPSA) is 75.1 Å². The fourth-order valence-corrected chi connectivity index (χ4v) is 4.57. The van der Waals surface area contributed by atoms with E-state index in [2.05, 4.69) is 4.98 Å². The second-order valence-corrected chi connectivity index (χ2v) is 8.73. The van der Waals surface area contributed by atoms with Crippen LogP contribution in [0.2, 0.25) is 0 Å². The smallest absolute Gasteiger partial charge is 0.261 e. The maximum Gasteiger partial charge on any atom is 0.261 e. The van der Waals surface area contributed by atoms with Crippen LogP contribution in [0.5, 0.6) is 11.5 Å². The normalized spacial score (nSPS) is 14.3. The van der Waals surface area contributed by atoms with E-state index in [0.29, 0.717) is 60.8 Å². The molecule has 3 aromatic rings. The number of halogens is 1. The Labute approximate surface area is 208 Å². The third kappa shape index (κ3) is 5.55. The predicted octanol–water partition coefficient (Wildman–Crippen LogP) is 4.73. The molecule has 1 aliphatic heterocycles. The Hall–Kier alpha value is -2.82. The maximum absolute atomic E-state index is 15.5. The summed E-state index contributed by atoms with van der Waals surface area (Å²) < 4.78 is 38.6. The first kappa shape index (κ1) is 25.3. The zero-order valence-electron chi connectivity index (χ0n) is 20.2. The standard InChI is InChI=1S/C25H30FN3O5S/c1-31-19-14-22(24(26)23(15-19)32-2)28(9-4-10-34-35-3)18-5-6-21-20(13-18)25(30)29(16-27-21)17-7-11-33-12-8-17/h5-6,13-17H,4,7-12H2,1-3H3. The van der Waals surface area contributed by atoms with Crippen LogP contribution in [0.25, 0.3) is 10.9 Å². The minimum Gasteiger partial charge on any atom is -0.497 e. The zero-order valence-corrected chi connectivity index (χ0v) is 21.0. The first-order valence-electron chi connectivity index (χ1n) is 11.5. The predicted molar refractivity (Wildman–Crippen MR) is 136 cm³/mol. The van der Waals surface area contributed by atoms with Gasteiger partial charge in [0.15, 0.2) is 11.6 Å². The summed E-state index contributed by atoms with van der Waals surface area (Å²) in [4.78, 5) is 19.8. The Morgan fingerprint density at radius 2 is 2.00 bits per heavy atom. The Morgan fingerprint density at radius 3 is 2.71 bits per heavy atom. The van der Waals surface area contributed by atoms with Crippen LogP contribution in [0.15, 0.2) is 41.5 Å². The van der Waals surface area contributed by atoms with E-state index < -0.39 is 5.82 Å². The van der Waals surface area contributed by atoms with E-state index in [1.54, 1.807) is 29.1 Å². The van der Waals surface area contributed by atoms with Gasteiger partial charge >= 0.3 is 0 Å². The molecule has 4 rings (SSSR count). The van der Waals surface area contributed by atoms with Crippen LogP contribution >= 0.6 is 12.0 Å². The lowest BCUT2D eigenvalue weighted by molar-refractivity contribution is 0.0685. The van der Waals surface area contributed by atoms with Gasteiger partial charge in [-0.3, -0.25) is 9.36 Å². The molecular formula is C25H30FN3O5S. The molecule has 1 aromatic heterocycles. The number of nitrogens with zero attached hydrogens (tertiary/aromatic N) is 3. The Kier molecular flexibility index (Phi) is 8.48. The Balaban J connectivity index is 1.79. The van der Waals surface area contributed by atoms with Crippen molar-refractivity contribution in [1.29, 1.82) is 0 Å². The van der Waals surface area contributed by atoms with E-state index in [4.69, 9.17) is 18.4 Å². The number of fused-ring (bicyclic) bond motifs is 1. The van der Waals surface area contributed by atoms with Crippen LogP contribution in [0, 0.1) is 5.82 Å². The highest BCUT2D eigenvalue weighted by molar-refractivity contribution is 7.93. The highest BCUT2D eigenvalue weighted by Gasteiger charge is 2.22. The lowest BCUT2D eigenvalue weighted by atomic mass is 10.1. The third-order valence-electron chi connectivity index (χ3n) is 6.13. The molecule has 0 radical (unpaired) electrons. The average molecular weight is 504 g/mol. The van der Waals surface area contributed by atoms with Gasteiger partial charge in [0.05, 0.1) is 43.7 Å². The first-order chi connectivity index (χ1) is 17.1. The zero-order chi connectivity index (χ0) is 24.8.